The first-order valence-corrected chi connectivity index (χ1v) is 7.15. The molecule has 0 fully saturated rings. The Labute approximate surface area is 123 Å². The quantitative estimate of drug-likeness (QED) is 0.835. The number of rotatable bonds is 2. The maximum Gasteiger partial charge on any atom is 0.337 e. The second-order valence-electron chi connectivity index (χ2n) is 6.02. The minimum atomic E-state index is -0.782. The summed E-state index contributed by atoms with van der Waals surface area (Å²) in [5.74, 6) is -0.708. The standard InChI is InChI=1S/C15H19N3O3/c1-5-18-7-10(8(2)17-18)9-6-11(19)16-13-12(9)14(20)21-15(13,3)4/h7,9H,5-6H2,1-4H3,(H,16,19). The number of nitrogens with zero attached hydrogens (tertiary/aromatic N) is 2. The van der Waals surface area contributed by atoms with Gasteiger partial charge in [0.25, 0.3) is 0 Å². The van der Waals surface area contributed by atoms with Gasteiger partial charge in [0.1, 0.15) is 5.60 Å². The fourth-order valence-corrected chi connectivity index (χ4v) is 3.08. The van der Waals surface area contributed by atoms with Gasteiger partial charge in [-0.25, -0.2) is 4.79 Å². The zero-order valence-electron chi connectivity index (χ0n) is 12.7. The normalized spacial score (nSPS) is 23.9. The number of aryl methyl sites for hydroxylation is 2. The molecule has 0 saturated heterocycles. The summed E-state index contributed by atoms with van der Waals surface area (Å²) in [6.07, 6.45) is 2.17. The molecule has 2 aliphatic rings. The first-order chi connectivity index (χ1) is 9.83. The summed E-state index contributed by atoms with van der Waals surface area (Å²) in [6.45, 7) is 8.24. The maximum absolute atomic E-state index is 12.2. The summed E-state index contributed by atoms with van der Waals surface area (Å²) < 4.78 is 7.24. The van der Waals surface area contributed by atoms with Gasteiger partial charge in [-0.05, 0) is 27.7 Å². The zero-order valence-corrected chi connectivity index (χ0v) is 12.7. The molecule has 0 bridgehead atoms. The van der Waals surface area contributed by atoms with E-state index in [-0.39, 0.29) is 24.2 Å². The molecule has 0 spiro atoms. The second kappa shape index (κ2) is 4.44. The highest BCUT2D eigenvalue weighted by molar-refractivity contribution is 5.99. The van der Waals surface area contributed by atoms with E-state index in [4.69, 9.17) is 4.74 Å². The van der Waals surface area contributed by atoms with E-state index < -0.39 is 5.60 Å². The fraction of sp³-hybridized carbons (Fsp3) is 0.533. The molecule has 6 nitrogen and oxygen atoms in total. The molecule has 1 aromatic rings. The van der Waals surface area contributed by atoms with Gasteiger partial charge in [-0.1, -0.05) is 0 Å². The number of hydrogen-bond donors (Lipinski definition) is 1. The van der Waals surface area contributed by atoms with Crippen LogP contribution in [0.1, 0.15) is 44.4 Å². The van der Waals surface area contributed by atoms with Gasteiger partial charge >= 0.3 is 5.97 Å². The van der Waals surface area contributed by atoms with Crippen LogP contribution in [0.15, 0.2) is 17.5 Å². The number of amides is 1. The highest BCUT2D eigenvalue weighted by Gasteiger charge is 2.48. The number of ether oxygens (including phenoxy) is 1. The van der Waals surface area contributed by atoms with E-state index in [1.807, 2.05) is 24.7 Å². The van der Waals surface area contributed by atoms with E-state index in [0.29, 0.717) is 11.3 Å². The Kier molecular flexibility index (Phi) is 2.93. The molecule has 0 radical (unpaired) electrons. The van der Waals surface area contributed by atoms with Gasteiger partial charge in [-0.3, -0.25) is 9.48 Å². The average Bonchev–Trinajstić information content (AvgIpc) is 2.87. The first-order valence-electron chi connectivity index (χ1n) is 7.15. The highest BCUT2D eigenvalue weighted by Crippen LogP contribution is 2.43. The highest BCUT2D eigenvalue weighted by atomic mass is 16.6. The lowest BCUT2D eigenvalue weighted by molar-refractivity contribution is -0.144. The molecule has 1 amide bonds. The predicted octanol–water partition coefficient (Wildman–Crippen LogP) is 1.40. The minimum Gasteiger partial charge on any atom is -0.450 e. The van der Waals surface area contributed by atoms with Crippen LogP contribution in [0.5, 0.6) is 0 Å². The summed E-state index contributed by atoms with van der Waals surface area (Å²) in [5.41, 5.74) is 2.15. The molecule has 1 unspecified atom stereocenters. The van der Waals surface area contributed by atoms with Crippen molar-refractivity contribution in [1.29, 1.82) is 0 Å². The van der Waals surface area contributed by atoms with Crippen LogP contribution in [0.2, 0.25) is 0 Å². The lowest BCUT2D eigenvalue weighted by Gasteiger charge is -2.26. The Hall–Kier alpha value is -2.11. The molecule has 112 valence electrons. The number of cyclic esters (lactones) is 1. The van der Waals surface area contributed by atoms with Crippen molar-refractivity contribution >= 4 is 11.9 Å². The van der Waals surface area contributed by atoms with Crippen LogP contribution < -0.4 is 5.32 Å². The Balaban J connectivity index is 2.13. The van der Waals surface area contributed by atoms with Crippen molar-refractivity contribution in [2.45, 2.75) is 52.2 Å². The third-order valence-corrected chi connectivity index (χ3v) is 4.13. The smallest absolute Gasteiger partial charge is 0.337 e. The molecule has 0 aliphatic carbocycles. The molecular weight excluding hydrogens is 270 g/mol. The second-order valence-corrected chi connectivity index (χ2v) is 6.02. The molecule has 1 atom stereocenters. The van der Waals surface area contributed by atoms with E-state index >= 15 is 0 Å². The van der Waals surface area contributed by atoms with Crippen molar-refractivity contribution in [3.63, 3.8) is 0 Å². The number of nitrogens with one attached hydrogen (secondary N) is 1. The number of carbonyl (C=O) groups excluding carboxylic acids is 2. The van der Waals surface area contributed by atoms with Crippen molar-refractivity contribution in [2.24, 2.45) is 0 Å². The molecule has 6 heteroatoms. The van der Waals surface area contributed by atoms with Crippen molar-refractivity contribution in [3.05, 3.63) is 28.7 Å². The van der Waals surface area contributed by atoms with Crippen LogP contribution in [-0.4, -0.2) is 27.3 Å². The van der Waals surface area contributed by atoms with Gasteiger partial charge in [-0.2, -0.15) is 5.10 Å². The summed E-state index contributed by atoms with van der Waals surface area (Å²) >= 11 is 0. The van der Waals surface area contributed by atoms with Crippen LogP contribution in [0.3, 0.4) is 0 Å². The average molecular weight is 289 g/mol. The monoisotopic (exact) mass is 289 g/mol. The lowest BCUT2D eigenvalue weighted by Crippen LogP contribution is -2.38. The maximum atomic E-state index is 12.2. The van der Waals surface area contributed by atoms with E-state index in [1.54, 1.807) is 13.8 Å². The van der Waals surface area contributed by atoms with Crippen LogP contribution >= 0.6 is 0 Å². The molecule has 3 heterocycles. The van der Waals surface area contributed by atoms with Crippen LogP contribution in [0.25, 0.3) is 0 Å². The van der Waals surface area contributed by atoms with E-state index in [0.717, 1.165) is 17.8 Å². The molecule has 1 N–H and O–H groups in total. The van der Waals surface area contributed by atoms with Gasteiger partial charge in [0.15, 0.2) is 0 Å². The topological polar surface area (TPSA) is 73.2 Å². The number of carbonyl (C=O) groups is 2. The first kappa shape index (κ1) is 13.9. The molecule has 0 aromatic carbocycles. The van der Waals surface area contributed by atoms with Crippen molar-refractivity contribution in [1.82, 2.24) is 15.1 Å². The molecule has 3 rings (SSSR count). The van der Waals surface area contributed by atoms with Gasteiger partial charge in [0.2, 0.25) is 5.91 Å². The fourth-order valence-electron chi connectivity index (χ4n) is 3.08. The molecular formula is C15H19N3O3. The number of hydrogen-bond acceptors (Lipinski definition) is 4. The van der Waals surface area contributed by atoms with E-state index in [1.165, 1.54) is 0 Å². The van der Waals surface area contributed by atoms with Crippen LogP contribution in [0, 0.1) is 6.92 Å². The van der Waals surface area contributed by atoms with Gasteiger partial charge in [0.05, 0.1) is 17.0 Å². The Morgan fingerprint density at radius 3 is 2.81 bits per heavy atom. The summed E-state index contributed by atoms with van der Waals surface area (Å²) in [7, 11) is 0. The third-order valence-electron chi connectivity index (χ3n) is 4.13. The number of esters is 1. The van der Waals surface area contributed by atoms with Gasteiger partial charge in [0, 0.05) is 30.6 Å². The van der Waals surface area contributed by atoms with Gasteiger partial charge < -0.3 is 10.1 Å². The number of aromatic nitrogens is 2. The van der Waals surface area contributed by atoms with Crippen LogP contribution in [0.4, 0.5) is 0 Å². The molecule has 2 aliphatic heterocycles. The summed E-state index contributed by atoms with van der Waals surface area (Å²) in [6, 6.07) is 0. The van der Waals surface area contributed by atoms with Crippen molar-refractivity contribution < 1.29 is 14.3 Å². The van der Waals surface area contributed by atoms with Gasteiger partial charge in [-0.15, -0.1) is 0 Å². The molecule has 21 heavy (non-hydrogen) atoms. The SMILES string of the molecule is CCn1cc(C2CC(=O)NC3=C2C(=O)OC3(C)C)c(C)n1. The van der Waals surface area contributed by atoms with E-state index in [2.05, 4.69) is 10.4 Å². The van der Waals surface area contributed by atoms with Crippen molar-refractivity contribution in [3.8, 4) is 0 Å². The van der Waals surface area contributed by atoms with Crippen molar-refractivity contribution in [2.75, 3.05) is 0 Å². The molecule has 0 saturated carbocycles. The summed E-state index contributed by atoms with van der Waals surface area (Å²) in [5, 5.41) is 7.22. The molecule has 1 aromatic heterocycles. The third kappa shape index (κ3) is 2.05. The Bertz CT molecular complexity index is 670. The van der Waals surface area contributed by atoms with E-state index in [9.17, 15) is 9.59 Å². The summed E-state index contributed by atoms with van der Waals surface area (Å²) in [4.78, 5) is 24.3. The predicted molar refractivity (Wildman–Crippen MR) is 75.3 cm³/mol. The zero-order chi connectivity index (χ0) is 15.4. The Morgan fingerprint density at radius 1 is 1.48 bits per heavy atom. The van der Waals surface area contributed by atoms with Crippen LogP contribution in [-0.2, 0) is 20.9 Å². The Morgan fingerprint density at radius 2 is 2.19 bits per heavy atom. The lowest BCUT2D eigenvalue weighted by atomic mass is 9.83. The largest absolute Gasteiger partial charge is 0.450 e. The minimum absolute atomic E-state index is 0.0891.